The highest BCUT2D eigenvalue weighted by Crippen LogP contribution is 2.44. The van der Waals surface area contributed by atoms with E-state index >= 15 is 0 Å². The van der Waals surface area contributed by atoms with Gasteiger partial charge in [-0.15, -0.1) is 0 Å². The first-order valence-corrected chi connectivity index (χ1v) is 16.0. The summed E-state index contributed by atoms with van der Waals surface area (Å²) in [6, 6.07) is 14.3. The van der Waals surface area contributed by atoms with E-state index in [2.05, 4.69) is 50.2 Å². The van der Waals surface area contributed by atoms with E-state index in [9.17, 15) is 28.1 Å². The van der Waals surface area contributed by atoms with E-state index in [1.807, 2.05) is 47.4 Å². The molecule has 0 radical (unpaired) electrons. The first kappa shape index (κ1) is 29.8. The topological polar surface area (TPSA) is 94.8 Å². The largest absolute Gasteiger partial charge is 0.479 e. The van der Waals surface area contributed by atoms with Crippen LogP contribution >= 0.6 is 56.5 Å². The number of non-ortho nitro benzene ring substituents is 1. The van der Waals surface area contributed by atoms with Crippen LogP contribution in [0.25, 0.3) is 10.1 Å². The average molecular weight is 809 g/mol. The van der Waals surface area contributed by atoms with Crippen LogP contribution < -0.4 is 19.9 Å². The minimum atomic E-state index is -4.86. The summed E-state index contributed by atoms with van der Waals surface area (Å²) in [6.07, 6.45) is -3.79. The quantitative estimate of drug-likeness (QED) is 0.0790. The molecule has 1 aromatic heterocycles. The van der Waals surface area contributed by atoms with Crippen LogP contribution in [0.15, 0.2) is 59.4 Å². The number of nitro groups is 1. The molecular weight excluding hydrogens is 789 g/mol. The predicted molar refractivity (Wildman–Crippen MR) is 167 cm³/mol. The van der Waals surface area contributed by atoms with Gasteiger partial charge in [0, 0.05) is 12.6 Å². The van der Waals surface area contributed by atoms with E-state index in [0.29, 0.717) is 52.2 Å². The summed E-state index contributed by atoms with van der Waals surface area (Å²) in [5.74, 6) is 1.18. The monoisotopic (exact) mass is 809 g/mol. The summed E-state index contributed by atoms with van der Waals surface area (Å²) in [7, 11) is 0. The van der Waals surface area contributed by atoms with Crippen molar-refractivity contribution in [1.82, 2.24) is 4.98 Å². The highest BCUT2D eigenvalue weighted by Gasteiger charge is 2.36. The van der Waals surface area contributed by atoms with Crippen molar-refractivity contribution < 1.29 is 27.6 Å². The predicted octanol–water partition coefficient (Wildman–Crippen LogP) is 7.47. The van der Waals surface area contributed by atoms with Gasteiger partial charge in [-0.3, -0.25) is 14.9 Å². The number of ether oxygens (including phenoxy) is 2. The standard InChI is InChI=1S/C27H20F3I2N3O5S/c28-27(29,30)17-10-19-24(21(11-17)35(37)38)41-26(33-25(19)36)34-7-6-16-9-22(39-13-31)23(40-14-32)12-18(16)20(34)8-15-4-2-1-3-5-15/h1-5,9-12,20H,6-8,13-14H2. The Bertz CT molecular complexity index is 1670. The zero-order chi connectivity index (χ0) is 29.3. The van der Waals surface area contributed by atoms with Crippen molar-refractivity contribution in [3.63, 3.8) is 0 Å². The molecule has 0 saturated carbocycles. The van der Waals surface area contributed by atoms with E-state index in [-0.39, 0.29) is 15.9 Å². The maximum atomic E-state index is 13.5. The molecule has 3 aromatic carbocycles. The molecule has 8 nitrogen and oxygen atoms in total. The highest BCUT2D eigenvalue weighted by molar-refractivity contribution is 14.1. The van der Waals surface area contributed by atoms with Gasteiger partial charge in [0.05, 0.1) is 21.9 Å². The number of alkyl halides is 5. The molecule has 0 fully saturated rings. The molecule has 0 aliphatic carbocycles. The maximum Gasteiger partial charge on any atom is 0.416 e. The lowest BCUT2D eigenvalue weighted by Crippen LogP contribution is -2.37. The molecule has 214 valence electrons. The summed E-state index contributed by atoms with van der Waals surface area (Å²) < 4.78 is 52.7. The van der Waals surface area contributed by atoms with Crippen LogP contribution in [0.2, 0.25) is 0 Å². The van der Waals surface area contributed by atoms with Gasteiger partial charge in [0.25, 0.3) is 11.2 Å². The third-order valence-electron chi connectivity index (χ3n) is 6.71. The number of fused-ring (bicyclic) bond motifs is 2. The molecule has 1 unspecified atom stereocenters. The van der Waals surface area contributed by atoms with Gasteiger partial charge in [0.15, 0.2) is 16.6 Å². The van der Waals surface area contributed by atoms with Gasteiger partial charge in [-0.2, -0.15) is 18.2 Å². The van der Waals surface area contributed by atoms with Crippen molar-refractivity contribution in [2.45, 2.75) is 25.1 Å². The van der Waals surface area contributed by atoms with Crippen molar-refractivity contribution in [3.8, 4) is 11.5 Å². The van der Waals surface area contributed by atoms with Gasteiger partial charge >= 0.3 is 6.18 Å². The van der Waals surface area contributed by atoms with Crippen LogP contribution in [0.1, 0.15) is 28.3 Å². The number of hydrogen-bond donors (Lipinski definition) is 0. The lowest BCUT2D eigenvalue weighted by atomic mass is 9.88. The number of halogens is 5. The fourth-order valence-corrected chi connectivity index (χ4v) is 6.71. The average Bonchev–Trinajstić information content (AvgIpc) is 2.93. The lowest BCUT2D eigenvalue weighted by molar-refractivity contribution is -0.383. The second-order valence-corrected chi connectivity index (χ2v) is 11.3. The first-order valence-electron chi connectivity index (χ1n) is 12.2. The molecule has 1 aliphatic heterocycles. The Morgan fingerprint density at radius 1 is 1.07 bits per heavy atom. The second-order valence-electron chi connectivity index (χ2n) is 9.08. The zero-order valence-corrected chi connectivity index (χ0v) is 26.1. The molecule has 0 spiro atoms. The normalized spacial score (nSPS) is 15.0. The number of rotatable bonds is 8. The van der Waals surface area contributed by atoms with E-state index in [1.165, 1.54) is 0 Å². The van der Waals surface area contributed by atoms with Gasteiger partial charge in [0.1, 0.15) is 13.9 Å². The smallest absolute Gasteiger partial charge is 0.416 e. The van der Waals surface area contributed by atoms with E-state index in [0.717, 1.165) is 28.0 Å². The third kappa shape index (κ3) is 6.23. The Labute approximate surface area is 262 Å². The Morgan fingerprint density at radius 3 is 2.39 bits per heavy atom. The molecular formula is C27H20F3I2N3O5S. The van der Waals surface area contributed by atoms with Crippen LogP contribution in [0.4, 0.5) is 24.0 Å². The number of hydrogen-bond acceptors (Lipinski definition) is 8. The molecule has 0 bridgehead atoms. The molecule has 0 saturated heterocycles. The van der Waals surface area contributed by atoms with Crippen molar-refractivity contribution >= 4 is 77.4 Å². The molecule has 41 heavy (non-hydrogen) atoms. The number of nitrogens with zero attached hydrogens (tertiary/aromatic N) is 3. The molecule has 1 aliphatic rings. The summed E-state index contributed by atoms with van der Waals surface area (Å²) in [4.78, 5) is 30.1. The van der Waals surface area contributed by atoms with Gasteiger partial charge < -0.3 is 14.4 Å². The van der Waals surface area contributed by atoms with Crippen LogP contribution in [0.5, 0.6) is 11.5 Å². The highest BCUT2D eigenvalue weighted by atomic mass is 127. The van der Waals surface area contributed by atoms with Crippen LogP contribution in [0, 0.1) is 10.1 Å². The molecule has 1 atom stereocenters. The SMILES string of the molecule is O=c1nc(N2CCc3cc(OCI)c(OCI)cc3C2Cc2ccccc2)sc2c([N+](=O)[O-])cc(C(F)(F)F)cc12. The van der Waals surface area contributed by atoms with Crippen LogP contribution in [-0.4, -0.2) is 25.7 Å². The lowest BCUT2D eigenvalue weighted by Gasteiger charge is -2.38. The minimum absolute atomic E-state index is 0.151. The Morgan fingerprint density at radius 2 is 1.76 bits per heavy atom. The van der Waals surface area contributed by atoms with Crippen molar-refractivity contribution in [2.24, 2.45) is 0 Å². The van der Waals surface area contributed by atoms with Gasteiger partial charge in [-0.05, 0) is 92.9 Å². The van der Waals surface area contributed by atoms with Crippen molar-refractivity contribution in [1.29, 1.82) is 0 Å². The van der Waals surface area contributed by atoms with Crippen molar-refractivity contribution in [3.05, 3.63) is 97.3 Å². The summed E-state index contributed by atoms with van der Waals surface area (Å²) >= 11 is 5.05. The fraction of sp³-hybridized carbons (Fsp3) is 0.259. The Hall–Kier alpha value is -2.73. The van der Waals surface area contributed by atoms with Crippen molar-refractivity contribution in [2.75, 3.05) is 20.7 Å². The fourth-order valence-electron chi connectivity index (χ4n) is 4.90. The van der Waals surface area contributed by atoms with Crippen LogP contribution in [-0.2, 0) is 19.0 Å². The van der Waals surface area contributed by atoms with E-state index < -0.39 is 33.3 Å². The van der Waals surface area contributed by atoms with Gasteiger partial charge in [-0.25, -0.2) is 0 Å². The number of benzene rings is 3. The molecule has 5 rings (SSSR count). The summed E-state index contributed by atoms with van der Waals surface area (Å²) in [6.45, 7) is 0.420. The summed E-state index contributed by atoms with van der Waals surface area (Å²) in [5, 5.41) is 11.6. The van der Waals surface area contributed by atoms with Crippen LogP contribution in [0.3, 0.4) is 0 Å². The number of nitro benzene ring substituents is 1. The number of anilines is 1. The van der Waals surface area contributed by atoms with E-state index in [4.69, 9.17) is 9.47 Å². The van der Waals surface area contributed by atoms with Gasteiger partial charge in [-0.1, -0.05) is 41.7 Å². The minimum Gasteiger partial charge on any atom is -0.479 e. The second kappa shape index (κ2) is 12.2. The maximum absolute atomic E-state index is 13.5. The molecule has 14 heteroatoms. The zero-order valence-electron chi connectivity index (χ0n) is 21.0. The van der Waals surface area contributed by atoms with E-state index in [1.54, 1.807) is 0 Å². The molecule has 0 N–H and O–H groups in total. The van der Waals surface area contributed by atoms with Gasteiger partial charge in [0.2, 0.25) is 0 Å². The first-order chi connectivity index (χ1) is 19.6. The molecule has 0 amide bonds. The Balaban J connectivity index is 1.68. The summed E-state index contributed by atoms with van der Waals surface area (Å²) in [5.41, 5.74) is -0.0474. The Kier molecular flexibility index (Phi) is 8.89. The molecule has 2 heterocycles. The molecule has 4 aromatic rings. The number of aromatic nitrogens is 1. The third-order valence-corrected chi connectivity index (χ3v) is 8.48.